The molecule has 0 unspecified atom stereocenters. The van der Waals surface area contributed by atoms with Gasteiger partial charge in [-0.05, 0) is 12.1 Å². The summed E-state index contributed by atoms with van der Waals surface area (Å²) in [4.78, 5) is 8.15. The van der Waals surface area contributed by atoms with Crippen molar-refractivity contribution in [1.82, 2.24) is 19.7 Å². The molecule has 2 aromatic rings. The van der Waals surface area contributed by atoms with Crippen LogP contribution in [-0.4, -0.2) is 24.7 Å². The molecule has 0 aliphatic rings. The maximum absolute atomic E-state index is 5.71. The molecule has 0 saturated heterocycles. The first-order valence-corrected chi connectivity index (χ1v) is 4.79. The SMILES string of the molecule is NC(=S)c1ncn(-c2ccc(Cl)cn2)n1. The second-order valence-corrected chi connectivity index (χ2v) is 3.59. The highest BCUT2D eigenvalue weighted by Crippen LogP contribution is 2.08. The molecule has 0 spiro atoms. The number of aromatic nitrogens is 4. The van der Waals surface area contributed by atoms with Gasteiger partial charge in [-0.15, -0.1) is 5.10 Å². The van der Waals surface area contributed by atoms with Crippen LogP contribution in [-0.2, 0) is 0 Å². The molecule has 2 rings (SSSR count). The molecule has 2 aromatic heterocycles. The van der Waals surface area contributed by atoms with Crippen LogP contribution >= 0.6 is 23.8 Å². The molecule has 7 heteroatoms. The fourth-order valence-electron chi connectivity index (χ4n) is 0.990. The summed E-state index contributed by atoms with van der Waals surface area (Å²) < 4.78 is 1.48. The molecule has 0 amide bonds. The lowest BCUT2D eigenvalue weighted by atomic mass is 10.5. The van der Waals surface area contributed by atoms with Crippen LogP contribution in [0, 0.1) is 0 Å². The summed E-state index contributed by atoms with van der Waals surface area (Å²) in [5.74, 6) is 0.927. The van der Waals surface area contributed by atoms with E-state index < -0.39 is 0 Å². The molecule has 0 radical (unpaired) electrons. The van der Waals surface area contributed by atoms with E-state index in [1.165, 1.54) is 17.2 Å². The van der Waals surface area contributed by atoms with Crippen molar-refractivity contribution in [3.8, 4) is 5.82 Å². The van der Waals surface area contributed by atoms with Gasteiger partial charge in [-0.3, -0.25) is 0 Å². The minimum Gasteiger partial charge on any atom is -0.387 e. The Kier molecular flexibility index (Phi) is 2.61. The molecule has 0 fully saturated rings. The van der Waals surface area contributed by atoms with Gasteiger partial charge < -0.3 is 5.73 Å². The minimum atomic E-state index is 0.155. The lowest BCUT2D eigenvalue weighted by Crippen LogP contribution is -2.12. The Morgan fingerprint density at radius 2 is 2.20 bits per heavy atom. The highest BCUT2D eigenvalue weighted by atomic mass is 35.5. The van der Waals surface area contributed by atoms with Gasteiger partial charge in [0.2, 0.25) is 5.82 Å². The van der Waals surface area contributed by atoms with E-state index in [0.29, 0.717) is 16.7 Å². The van der Waals surface area contributed by atoms with E-state index in [1.54, 1.807) is 12.1 Å². The van der Waals surface area contributed by atoms with Gasteiger partial charge in [-0.2, -0.15) is 0 Å². The molecule has 0 atom stereocenters. The second-order valence-electron chi connectivity index (χ2n) is 2.71. The summed E-state index contributed by atoms with van der Waals surface area (Å²) in [5.41, 5.74) is 5.38. The van der Waals surface area contributed by atoms with Crippen molar-refractivity contribution in [1.29, 1.82) is 0 Å². The smallest absolute Gasteiger partial charge is 0.208 e. The van der Waals surface area contributed by atoms with Crippen LogP contribution in [0.5, 0.6) is 0 Å². The van der Waals surface area contributed by atoms with Gasteiger partial charge in [0.15, 0.2) is 5.82 Å². The predicted octanol–water partition coefficient (Wildman–Crippen LogP) is 0.950. The second kappa shape index (κ2) is 3.92. The van der Waals surface area contributed by atoms with Crippen LogP contribution < -0.4 is 5.73 Å². The first-order chi connectivity index (χ1) is 7.16. The molecule has 0 aliphatic heterocycles. The van der Waals surface area contributed by atoms with Crippen molar-refractivity contribution in [3.05, 3.63) is 35.5 Å². The first-order valence-electron chi connectivity index (χ1n) is 4.00. The number of halogens is 1. The third kappa shape index (κ3) is 2.11. The lowest BCUT2D eigenvalue weighted by molar-refractivity contribution is 0.842. The molecule has 0 aromatic carbocycles. The van der Waals surface area contributed by atoms with Gasteiger partial charge in [-0.25, -0.2) is 14.6 Å². The first kappa shape index (κ1) is 10.0. The van der Waals surface area contributed by atoms with Crippen molar-refractivity contribution in [2.24, 2.45) is 5.73 Å². The number of rotatable bonds is 2. The third-order valence-corrected chi connectivity index (χ3v) is 2.06. The highest BCUT2D eigenvalue weighted by molar-refractivity contribution is 7.80. The van der Waals surface area contributed by atoms with E-state index in [9.17, 15) is 0 Å². The van der Waals surface area contributed by atoms with Crippen LogP contribution in [0.15, 0.2) is 24.7 Å². The van der Waals surface area contributed by atoms with E-state index >= 15 is 0 Å². The fraction of sp³-hybridized carbons (Fsp3) is 0. The summed E-state index contributed by atoms with van der Waals surface area (Å²) in [6.07, 6.45) is 3.02. The largest absolute Gasteiger partial charge is 0.387 e. The van der Waals surface area contributed by atoms with Gasteiger partial charge in [0.25, 0.3) is 0 Å². The summed E-state index contributed by atoms with van der Waals surface area (Å²) in [6, 6.07) is 3.44. The van der Waals surface area contributed by atoms with Crippen LogP contribution in [0.4, 0.5) is 0 Å². The quantitative estimate of drug-likeness (QED) is 0.791. The molecule has 15 heavy (non-hydrogen) atoms. The Hall–Kier alpha value is -1.53. The highest BCUT2D eigenvalue weighted by Gasteiger charge is 2.05. The fourth-order valence-corrected chi connectivity index (χ4v) is 1.20. The van der Waals surface area contributed by atoms with Crippen LogP contribution in [0.25, 0.3) is 5.82 Å². The Morgan fingerprint density at radius 3 is 2.73 bits per heavy atom. The van der Waals surface area contributed by atoms with E-state index in [1.807, 2.05) is 0 Å². The Morgan fingerprint density at radius 1 is 1.40 bits per heavy atom. The molecule has 76 valence electrons. The maximum atomic E-state index is 5.71. The molecule has 0 aliphatic carbocycles. The van der Waals surface area contributed by atoms with Gasteiger partial charge in [-0.1, -0.05) is 23.8 Å². The topological polar surface area (TPSA) is 69.6 Å². The number of hydrogen-bond donors (Lipinski definition) is 1. The molecular weight excluding hydrogens is 234 g/mol. The molecule has 2 N–H and O–H groups in total. The molecular formula is C8H6ClN5S. The Bertz CT molecular complexity index is 492. The van der Waals surface area contributed by atoms with E-state index in [-0.39, 0.29) is 4.99 Å². The molecule has 5 nitrogen and oxygen atoms in total. The van der Waals surface area contributed by atoms with E-state index in [2.05, 4.69) is 15.1 Å². The zero-order chi connectivity index (χ0) is 10.8. The number of hydrogen-bond acceptors (Lipinski definition) is 4. The monoisotopic (exact) mass is 239 g/mol. The van der Waals surface area contributed by atoms with Crippen LogP contribution in [0.1, 0.15) is 5.82 Å². The van der Waals surface area contributed by atoms with Gasteiger partial charge in [0.1, 0.15) is 11.3 Å². The van der Waals surface area contributed by atoms with Gasteiger partial charge in [0, 0.05) is 6.20 Å². The number of nitrogens with zero attached hydrogens (tertiary/aromatic N) is 4. The Balaban J connectivity index is 2.37. The zero-order valence-corrected chi connectivity index (χ0v) is 9.03. The number of pyridine rings is 1. The average Bonchev–Trinajstić information content (AvgIpc) is 2.68. The molecule has 0 saturated carbocycles. The minimum absolute atomic E-state index is 0.155. The predicted molar refractivity (Wildman–Crippen MR) is 60.1 cm³/mol. The van der Waals surface area contributed by atoms with Crippen molar-refractivity contribution >= 4 is 28.8 Å². The van der Waals surface area contributed by atoms with Crippen LogP contribution in [0.3, 0.4) is 0 Å². The van der Waals surface area contributed by atoms with Gasteiger partial charge in [0.05, 0.1) is 5.02 Å². The maximum Gasteiger partial charge on any atom is 0.208 e. The zero-order valence-electron chi connectivity index (χ0n) is 7.46. The molecule has 2 heterocycles. The van der Waals surface area contributed by atoms with E-state index in [4.69, 9.17) is 29.6 Å². The van der Waals surface area contributed by atoms with Crippen LogP contribution in [0.2, 0.25) is 5.02 Å². The summed E-state index contributed by atoms with van der Waals surface area (Å²) >= 11 is 10.5. The average molecular weight is 240 g/mol. The van der Waals surface area contributed by atoms with Gasteiger partial charge >= 0.3 is 0 Å². The Labute approximate surface area is 95.9 Å². The number of nitrogens with two attached hydrogens (primary N) is 1. The summed E-state index contributed by atoms with van der Waals surface area (Å²) in [6.45, 7) is 0. The standard InChI is InChI=1S/C8H6ClN5S/c9-5-1-2-6(11-3-5)14-4-12-8(13-14)7(10)15/h1-4H,(H2,10,15). The normalized spacial score (nSPS) is 10.2. The van der Waals surface area contributed by atoms with Crippen molar-refractivity contribution in [2.45, 2.75) is 0 Å². The lowest BCUT2D eigenvalue weighted by Gasteiger charge is -1.97. The van der Waals surface area contributed by atoms with Crippen molar-refractivity contribution in [3.63, 3.8) is 0 Å². The summed E-state index contributed by atoms with van der Waals surface area (Å²) in [5, 5.41) is 4.61. The molecule has 0 bridgehead atoms. The number of thiocarbonyl (C=S) groups is 1. The van der Waals surface area contributed by atoms with Crippen molar-refractivity contribution < 1.29 is 0 Å². The van der Waals surface area contributed by atoms with Crippen molar-refractivity contribution in [2.75, 3.05) is 0 Å². The third-order valence-electron chi connectivity index (χ3n) is 1.66. The van der Waals surface area contributed by atoms with E-state index in [0.717, 1.165) is 0 Å². The summed E-state index contributed by atoms with van der Waals surface area (Å²) in [7, 11) is 0.